The number of nitrogens with one attached hydrogen (secondary N) is 1. The van der Waals surface area contributed by atoms with Crippen LogP contribution in [-0.4, -0.2) is 50.4 Å². The summed E-state index contributed by atoms with van der Waals surface area (Å²) in [7, 11) is -1.96. The van der Waals surface area contributed by atoms with E-state index in [-0.39, 0.29) is 23.8 Å². The Labute approximate surface area is 130 Å². The van der Waals surface area contributed by atoms with E-state index in [4.69, 9.17) is 5.11 Å². The number of carboxylic acids is 1. The zero-order valence-electron chi connectivity index (χ0n) is 12.6. The number of carbonyl (C=O) groups excluding carboxylic acids is 1. The van der Waals surface area contributed by atoms with Crippen molar-refractivity contribution < 1.29 is 23.1 Å². The summed E-state index contributed by atoms with van der Waals surface area (Å²) >= 11 is 0. The smallest absolute Gasteiger partial charge is 0.303 e. The van der Waals surface area contributed by atoms with E-state index in [1.54, 1.807) is 14.0 Å². The average molecular weight is 328 g/mol. The normalized spacial score (nSPS) is 11.2. The molecule has 1 rings (SSSR count). The summed E-state index contributed by atoms with van der Waals surface area (Å²) in [5, 5.41) is 8.57. The molecule has 122 valence electrons. The van der Waals surface area contributed by atoms with Gasteiger partial charge in [-0.1, -0.05) is 6.92 Å². The van der Waals surface area contributed by atoms with Crippen molar-refractivity contribution in [3.05, 3.63) is 29.8 Å². The van der Waals surface area contributed by atoms with Gasteiger partial charge in [-0.25, -0.2) is 13.1 Å². The molecule has 0 fully saturated rings. The minimum absolute atomic E-state index is 0.00249. The Morgan fingerprint density at radius 3 is 2.32 bits per heavy atom. The van der Waals surface area contributed by atoms with Crippen molar-refractivity contribution in [3.8, 4) is 0 Å². The van der Waals surface area contributed by atoms with Crippen LogP contribution in [0.15, 0.2) is 29.2 Å². The Hall–Kier alpha value is -1.93. The molecule has 0 aliphatic carbocycles. The van der Waals surface area contributed by atoms with Crippen molar-refractivity contribution in [1.82, 2.24) is 9.62 Å². The minimum atomic E-state index is -3.54. The first-order valence-electron chi connectivity index (χ1n) is 6.85. The predicted octanol–water partition coefficient (Wildman–Crippen LogP) is 0.922. The first-order valence-corrected chi connectivity index (χ1v) is 8.33. The second kappa shape index (κ2) is 7.90. The number of hydrogen-bond donors (Lipinski definition) is 2. The Morgan fingerprint density at radius 2 is 1.82 bits per heavy atom. The summed E-state index contributed by atoms with van der Waals surface area (Å²) < 4.78 is 26.0. The maximum Gasteiger partial charge on any atom is 0.303 e. The molecular weight excluding hydrogens is 308 g/mol. The second-order valence-corrected chi connectivity index (χ2v) is 6.52. The van der Waals surface area contributed by atoms with Crippen molar-refractivity contribution in [2.45, 2.75) is 24.7 Å². The van der Waals surface area contributed by atoms with Crippen molar-refractivity contribution in [2.24, 2.45) is 0 Å². The van der Waals surface area contributed by atoms with Crippen molar-refractivity contribution >= 4 is 21.9 Å². The molecule has 7 nitrogen and oxygen atoms in total. The Bertz CT molecular complexity index is 625. The molecule has 0 atom stereocenters. The van der Waals surface area contributed by atoms with Crippen LogP contribution in [0.25, 0.3) is 0 Å². The SMILES string of the molecule is CCNS(=O)(=O)c1ccc(C(=O)N(C)CCCC(=O)O)cc1. The van der Waals surface area contributed by atoms with Crippen molar-refractivity contribution in [3.63, 3.8) is 0 Å². The molecule has 0 saturated heterocycles. The van der Waals surface area contributed by atoms with E-state index in [1.807, 2.05) is 0 Å². The summed E-state index contributed by atoms with van der Waals surface area (Å²) in [6.45, 7) is 2.29. The van der Waals surface area contributed by atoms with Crippen molar-refractivity contribution in [1.29, 1.82) is 0 Å². The predicted molar refractivity (Wildman–Crippen MR) is 81.1 cm³/mol. The number of aliphatic carboxylic acids is 1. The van der Waals surface area contributed by atoms with Gasteiger partial charge >= 0.3 is 5.97 Å². The molecule has 1 aromatic carbocycles. The lowest BCUT2D eigenvalue weighted by Gasteiger charge is -2.16. The van der Waals surface area contributed by atoms with Crippen LogP contribution >= 0.6 is 0 Å². The van der Waals surface area contributed by atoms with Gasteiger partial charge in [0.25, 0.3) is 5.91 Å². The van der Waals surface area contributed by atoms with E-state index in [9.17, 15) is 18.0 Å². The largest absolute Gasteiger partial charge is 0.481 e. The van der Waals surface area contributed by atoms with Crippen LogP contribution in [0, 0.1) is 0 Å². The molecule has 0 aromatic heterocycles. The van der Waals surface area contributed by atoms with Gasteiger partial charge in [-0.2, -0.15) is 0 Å². The fourth-order valence-corrected chi connectivity index (χ4v) is 2.88. The van der Waals surface area contributed by atoms with Crippen molar-refractivity contribution in [2.75, 3.05) is 20.1 Å². The molecule has 0 saturated carbocycles. The number of benzene rings is 1. The van der Waals surface area contributed by atoms with Gasteiger partial charge in [0, 0.05) is 32.1 Å². The lowest BCUT2D eigenvalue weighted by atomic mass is 10.2. The number of carboxylic acid groups (broad SMARTS) is 1. The molecule has 0 aliphatic rings. The third kappa shape index (κ3) is 5.12. The second-order valence-electron chi connectivity index (χ2n) is 4.75. The number of amides is 1. The molecule has 0 unspecified atom stereocenters. The highest BCUT2D eigenvalue weighted by Gasteiger charge is 2.15. The van der Waals surface area contributed by atoms with Gasteiger partial charge in [-0.05, 0) is 30.7 Å². The third-order valence-electron chi connectivity index (χ3n) is 2.98. The number of sulfonamides is 1. The number of nitrogens with zero attached hydrogens (tertiary/aromatic N) is 1. The Morgan fingerprint density at radius 1 is 1.23 bits per heavy atom. The van der Waals surface area contributed by atoms with Gasteiger partial charge in [0.05, 0.1) is 4.90 Å². The summed E-state index contributed by atoms with van der Waals surface area (Å²) in [5.41, 5.74) is 0.355. The number of rotatable bonds is 8. The minimum Gasteiger partial charge on any atom is -0.481 e. The summed E-state index contributed by atoms with van der Waals surface area (Å²) in [5.74, 6) is -1.18. The van der Waals surface area contributed by atoms with E-state index in [0.29, 0.717) is 18.5 Å². The fraction of sp³-hybridized carbons (Fsp3) is 0.429. The molecule has 1 aromatic rings. The molecule has 0 bridgehead atoms. The third-order valence-corrected chi connectivity index (χ3v) is 4.54. The van der Waals surface area contributed by atoms with Gasteiger partial charge in [-0.15, -0.1) is 0 Å². The molecule has 2 N–H and O–H groups in total. The fourth-order valence-electron chi connectivity index (χ4n) is 1.84. The summed E-state index contributed by atoms with van der Waals surface area (Å²) in [6.07, 6.45) is 0.363. The molecular formula is C14H20N2O5S. The topological polar surface area (TPSA) is 104 Å². The van der Waals surface area contributed by atoms with Gasteiger partial charge in [-0.3, -0.25) is 9.59 Å². The van der Waals surface area contributed by atoms with E-state index in [0.717, 1.165) is 0 Å². The van der Waals surface area contributed by atoms with Crippen LogP contribution in [0.2, 0.25) is 0 Å². The van der Waals surface area contributed by atoms with Crippen LogP contribution in [-0.2, 0) is 14.8 Å². The highest BCUT2D eigenvalue weighted by molar-refractivity contribution is 7.89. The van der Waals surface area contributed by atoms with E-state index in [2.05, 4.69) is 4.72 Å². The lowest BCUT2D eigenvalue weighted by Crippen LogP contribution is -2.28. The first-order chi connectivity index (χ1) is 10.3. The zero-order chi connectivity index (χ0) is 16.8. The van der Waals surface area contributed by atoms with E-state index >= 15 is 0 Å². The lowest BCUT2D eigenvalue weighted by molar-refractivity contribution is -0.137. The maximum atomic E-state index is 12.1. The summed E-state index contributed by atoms with van der Waals surface area (Å²) in [6, 6.07) is 5.63. The van der Waals surface area contributed by atoms with Crippen LogP contribution in [0.1, 0.15) is 30.1 Å². The quantitative estimate of drug-likeness (QED) is 0.738. The zero-order valence-corrected chi connectivity index (χ0v) is 13.4. The Kier molecular flexibility index (Phi) is 6.51. The molecule has 22 heavy (non-hydrogen) atoms. The van der Waals surface area contributed by atoms with Crippen LogP contribution < -0.4 is 4.72 Å². The van der Waals surface area contributed by atoms with Crippen LogP contribution in [0.5, 0.6) is 0 Å². The monoisotopic (exact) mass is 328 g/mol. The highest BCUT2D eigenvalue weighted by Crippen LogP contribution is 2.12. The summed E-state index contributed by atoms with van der Waals surface area (Å²) in [4.78, 5) is 24.1. The number of carbonyl (C=O) groups is 2. The average Bonchev–Trinajstić information content (AvgIpc) is 2.46. The standard InChI is InChI=1S/C14H20N2O5S/c1-3-15-22(20,21)12-8-6-11(7-9-12)14(19)16(2)10-4-5-13(17)18/h6-9,15H,3-5,10H2,1-2H3,(H,17,18). The maximum absolute atomic E-state index is 12.1. The molecule has 1 amide bonds. The molecule has 0 aliphatic heterocycles. The van der Waals surface area contributed by atoms with Gasteiger partial charge in [0.1, 0.15) is 0 Å². The molecule has 8 heteroatoms. The first kappa shape index (κ1) is 18.1. The number of hydrogen-bond acceptors (Lipinski definition) is 4. The van der Waals surface area contributed by atoms with Crippen LogP contribution in [0.3, 0.4) is 0 Å². The molecule has 0 radical (unpaired) electrons. The van der Waals surface area contributed by atoms with E-state index < -0.39 is 16.0 Å². The van der Waals surface area contributed by atoms with Gasteiger partial charge in [0.15, 0.2) is 0 Å². The molecule has 0 heterocycles. The highest BCUT2D eigenvalue weighted by atomic mass is 32.2. The van der Waals surface area contributed by atoms with E-state index in [1.165, 1.54) is 29.2 Å². The molecule has 0 spiro atoms. The van der Waals surface area contributed by atoms with Gasteiger partial charge in [0.2, 0.25) is 10.0 Å². The van der Waals surface area contributed by atoms with Gasteiger partial charge < -0.3 is 10.0 Å². The Balaban J connectivity index is 2.73. The van der Waals surface area contributed by atoms with Crippen LogP contribution in [0.4, 0.5) is 0 Å².